The molecule has 0 aliphatic carbocycles. The van der Waals surface area contributed by atoms with Crippen LogP contribution in [-0.2, 0) is 12.0 Å². The molecule has 1 aliphatic rings. The largest absolute Gasteiger partial charge is 0.396 e. The molecule has 2 aromatic heterocycles. The zero-order valence-corrected chi connectivity index (χ0v) is 15.9. The standard InChI is InChI=1S/C19H23N5OS/c1-19(2)11-24(14-7-4-3-6-13(14)19)17-16-18(22-12-21-17)26-15(23-16)10-20-8-5-9-25/h3-4,6-7,12,20,25H,5,8-11H2,1-2H3. The van der Waals surface area contributed by atoms with Gasteiger partial charge in [-0.2, -0.15) is 0 Å². The van der Waals surface area contributed by atoms with Gasteiger partial charge in [-0.3, -0.25) is 0 Å². The fourth-order valence-electron chi connectivity index (χ4n) is 3.49. The van der Waals surface area contributed by atoms with Crippen LogP contribution in [0.3, 0.4) is 0 Å². The zero-order chi connectivity index (χ0) is 18.1. The molecular weight excluding hydrogens is 346 g/mol. The van der Waals surface area contributed by atoms with E-state index in [0.29, 0.717) is 6.54 Å². The van der Waals surface area contributed by atoms with E-state index in [4.69, 9.17) is 10.1 Å². The molecular formula is C19H23N5OS. The van der Waals surface area contributed by atoms with Crippen molar-refractivity contribution < 1.29 is 5.11 Å². The summed E-state index contributed by atoms with van der Waals surface area (Å²) in [6, 6.07) is 8.52. The van der Waals surface area contributed by atoms with Crippen LogP contribution in [0.1, 0.15) is 30.8 Å². The summed E-state index contributed by atoms with van der Waals surface area (Å²) in [5, 5.41) is 13.2. The molecule has 0 unspecified atom stereocenters. The van der Waals surface area contributed by atoms with Crippen LogP contribution in [0.15, 0.2) is 30.6 Å². The lowest BCUT2D eigenvalue weighted by atomic mass is 9.87. The molecule has 0 bridgehead atoms. The van der Waals surface area contributed by atoms with Gasteiger partial charge in [-0.05, 0) is 24.6 Å². The number of fused-ring (bicyclic) bond motifs is 2. The molecule has 26 heavy (non-hydrogen) atoms. The minimum Gasteiger partial charge on any atom is -0.396 e. The summed E-state index contributed by atoms with van der Waals surface area (Å²) in [6.45, 7) is 7.07. The van der Waals surface area contributed by atoms with Gasteiger partial charge in [-0.15, -0.1) is 0 Å². The van der Waals surface area contributed by atoms with Gasteiger partial charge in [0.1, 0.15) is 21.7 Å². The van der Waals surface area contributed by atoms with Gasteiger partial charge in [0, 0.05) is 30.8 Å². The molecule has 7 heteroatoms. The van der Waals surface area contributed by atoms with Crippen LogP contribution >= 0.6 is 11.3 Å². The molecule has 0 amide bonds. The summed E-state index contributed by atoms with van der Waals surface area (Å²) in [5.74, 6) is 0.880. The van der Waals surface area contributed by atoms with Crippen molar-refractivity contribution in [3.63, 3.8) is 0 Å². The second-order valence-electron chi connectivity index (χ2n) is 7.20. The third kappa shape index (κ3) is 3.06. The Balaban J connectivity index is 1.68. The average molecular weight is 369 g/mol. The molecule has 0 saturated heterocycles. The first-order chi connectivity index (χ1) is 12.6. The van der Waals surface area contributed by atoms with Gasteiger partial charge in [0.25, 0.3) is 0 Å². The predicted octanol–water partition coefficient (Wildman–Crippen LogP) is 2.99. The van der Waals surface area contributed by atoms with Crippen LogP contribution in [0.5, 0.6) is 0 Å². The maximum Gasteiger partial charge on any atom is 0.164 e. The van der Waals surface area contributed by atoms with Gasteiger partial charge in [0.05, 0.1) is 0 Å². The molecule has 136 valence electrons. The molecule has 0 spiro atoms. The Bertz CT molecular complexity index is 923. The van der Waals surface area contributed by atoms with Crippen LogP contribution in [0.2, 0.25) is 0 Å². The third-order valence-electron chi connectivity index (χ3n) is 4.74. The number of benzene rings is 1. The molecule has 0 radical (unpaired) electrons. The smallest absolute Gasteiger partial charge is 0.164 e. The maximum atomic E-state index is 8.88. The van der Waals surface area contributed by atoms with Gasteiger partial charge in [0.15, 0.2) is 5.82 Å². The van der Waals surface area contributed by atoms with E-state index in [1.165, 1.54) is 11.3 Å². The summed E-state index contributed by atoms with van der Waals surface area (Å²) in [4.78, 5) is 17.0. The number of hydrogen-bond donors (Lipinski definition) is 2. The number of rotatable bonds is 6. The van der Waals surface area contributed by atoms with Crippen molar-refractivity contribution in [1.29, 1.82) is 0 Å². The van der Waals surface area contributed by atoms with Crippen molar-refractivity contribution in [2.45, 2.75) is 32.2 Å². The van der Waals surface area contributed by atoms with Crippen molar-refractivity contribution in [2.24, 2.45) is 0 Å². The van der Waals surface area contributed by atoms with Crippen molar-refractivity contribution in [3.8, 4) is 0 Å². The van der Waals surface area contributed by atoms with Crippen molar-refractivity contribution >= 4 is 33.2 Å². The number of para-hydroxylation sites is 1. The highest BCUT2D eigenvalue weighted by Gasteiger charge is 2.36. The van der Waals surface area contributed by atoms with E-state index in [0.717, 1.165) is 40.7 Å². The van der Waals surface area contributed by atoms with E-state index in [-0.39, 0.29) is 12.0 Å². The van der Waals surface area contributed by atoms with Gasteiger partial charge >= 0.3 is 0 Å². The van der Waals surface area contributed by atoms with Gasteiger partial charge in [-0.25, -0.2) is 15.0 Å². The molecule has 1 aromatic carbocycles. The van der Waals surface area contributed by atoms with Gasteiger partial charge < -0.3 is 15.3 Å². The lowest BCUT2D eigenvalue weighted by Gasteiger charge is -2.21. The Morgan fingerprint density at radius 1 is 1.27 bits per heavy atom. The fraction of sp³-hybridized carbons (Fsp3) is 0.421. The van der Waals surface area contributed by atoms with E-state index < -0.39 is 0 Å². The molecule has 1 aliphatic heterocycles. The third-order valence-corrected chi connectivity index (χ3v) is 5.70. The number of aliphatic hydroxyl groups excluding tert-OH is 1. The van der Waals surface area contributed by atoms with E-state index in [2.05, 4.69) is 58.3 Å². The first-order valence-corrected chi connectivity index (χ1v) is 9.71. The van der Waals surface area contributed by atoms with Gasteiger partial charge in [-0.1, -0.05) is 43.4 Å². The van der Waals surface area contributed by atoms with Crippen LogP contribution in [0, 0.1) is 0 Å². The summed E-state index contributed by atoms with van der Waals surface area (Å²) < 4.78 is 0. The number of aliphatic hydroxyl groups is 1. The number of nitrogens with one attached hydrogen (secondary N) is 1. The highest BCUT2D eigenvalue weighted by molar-refractivity contribution is 7.18. The van der Waals surface area contributed by atoms with Crippen molar-refractivity contribution in [3.05, 3.63) is 41.2 Å². The minimum absolute atomic E-state index is 0.0680. The normalized spacial score (nSPS) is 15.6. The summed E-state index contributed by atoms with van der Waals surface area (Å²) in [5.41, 5.74) is 3.48. The van der Waals surface area contributed by atoms with Crippen molar-refractivity contribution in [1.82, 2.24) is 20.3 Å². The Morgan fingerprint density at radius 2 is 2.12 bits per heavy atom. The van der Waals surface area contributed by atoms with Crippen LogP contribution < -0.4 is 10.2 Å². The number of aromatic nitrogens is 3. The lowest BCUT2D eigenvalue weighted by Crippen LogP contribution is -2.25. The minimum atomic E-state index is 0.0680. The zero-order valence-electron chi connectivity index (χ0n) is 15.1. The SMILES string of the molecule is CC1(C)CN(c2ncnc3sc(CNCCCO)nc23)c2ccccc21. The molecule has 0 atom stereocenters. The number of nitrogens with zero attached hydrogens (tertiary/aromatic N) is 4. The highest BCUT2D eigenvalue weighted by Crippen LogP contribution is 2.44. The predicted molar refractivity (Wildman–Crippen MR) is 105 cm³/mol. The van der Waals surface area contributed by atoms with Crippen LogP contribution in [0.25, 0.3) is 10.3 Å². The van der Waals surface area contributed by atoms with E-state index >= 15 is 0 Å². The van der Waals surface area contributed by atoms with Crippen molar-refractivity contribution in [2.75, 3.05) is 24.6 Å². The molecule has 2 N–H and O–H groups in total. The summed E-state index contributed by atoms with van der Waals surface area (Å²) in [7, 11) is 0. The number of anilines is 2. The number of hydrogen-bond acceptors (Lipinski definition) is 7. The molecule has 0 fully saturated rings. The molecule has 3 aromatic rings. The summed E-state index contributed by atoms with van der Waals surface area (Å²) in [6.07, 6.45) is 2.38. The maximum absolute atomic E-state index is 8.88. The van der Waals surface area contributed by atoms with E-state index in [1.54, 1.807) is 17.7 Å². The highest BCUT2D eigenvalue weighted by atomic mass is 32.1. The molecule has 4 rings (SSSR count). The summed E-state index contributed by atoms with van der Waals surface area (Å²) >= 11 is 1.60. The lowest BCUT2D eigenvalue weighted by molar-refractivity contribution is 0.286. The Labute approximate surface area is 156 Å². The van der Waals surface area contributed by atoms with E-state index in [9.17, 15) is 0 Å². The molecule has 0 saturated carbocycles. The Kier molecular flexibility index (Phi) is 4.60. The van der Waals surface area contributed by atoms with Gasteiger partial charge in [0.2, 0.25) is 0 Å². The second-order valence-corrected chi connectivity index (χ2v) is 8.26. The quantitative estimate of drug-likeness (QED) is 0.651. The Morgan fingerprint density at radius 3 is 2.96 bits per heavy atom. The molecule has 3 heterocycles. The average Bonchev–Trinajstić information content (AvgIpc) is 3.17. The second kappa shape index (κ2) is 6.90. The topological polar surface area (TPSA) is 74.2 Å². The molecule has 6 nitrogen and oxygen atoms in total. The first-order valence-electron chi connectivity index (χ1n) is 8.89. The van der Waals surface area contributed by atoms with Crippen LogP contribution in [-0.4, -0.2) is 39.8 Å². The monoisotopic (exact) mass is 369 g/mol. The van der Waals surface area contributed by atoms with E-state index in [1.807, 2.05) is 0 Å². The Hall–Kier alpha value is -2.09. The van der Waals surface area contributed by atoms with Crippen LogP contribution in [0.4, 0.5) is 11.5 Å². The fourth-order valence-corrected chi connectivity index (χ4v) is 4.36. The first kappa shape index (κ1) is 17.3. The number of thiazole rings is 1.